The van der Waals surface area contributed by atoms with Crippen LogP contribution in [0.3, 0.4) is 0 Å². The Kier molecular flexibility index (Phi) is 45.5. The van der Waals surface area contributed by atoms with Crippen molar-refractivity contribution in [1.29, 1.82) is 0 Å². The number of rotatable bonds is 49. The van der Waals surface area contributed by atoms with Crippen molar-refractivity contribution in [2.75, 3.05) is 13.2 Å². The van der Waals surface area contributed by atoms with Gasteiger partial charge >= 0.3 is 0 Å². The van der Waals surface area contributed by atoms with Gasteiger partial charge in [-0.3, -0.25) is 4.79 Å². The van der Waals surface area contributed by atoms with Crippen LogP contribution in [0.5, 0.6) is 0 Å². The summed E-state index contributed by atoms with van der Waals surface area (Å²) in [4.78, 5) is 13.0. The molecule has 0 aliphatic carbocycles. The highest BCUT2D eigenvalue weighted by molar-refractivity contribution is 5.76. The molecule has 7 atom stereocenters. The minimum absolute atomic E-state index is 0.186. The largest absolute Gasteiger partial charge is 0.394 e. The maximum absolute atomic E-state index is 13.0. The van der Waals surface area contributed by atoms with E-state index in [0.717, 1.165) is 38.5 Å². The zero-order chi connectivity index (χ0) is 48.7. The Labute approximate surface area is 412 Å². The number of hydrogen-bond acceptors (Lipinski definition) is 8. The van der Waals surface area contributed by atoms with E-state index in [1.165, 1.54) is 212 Å². The molecule has 9 heteroatoms. The Morgan fingerprint density at radius 1 is 0.493 bits per heavy atom. The highest BCUT2D eigenvalue weighted by Gasteiger charge is 2.44. The summed E-state index contributed by atoms with van der Waals surface area (Å²) in [6.45, 7) is 3.78. The van der Waals surface area contributed by atoms with Crippen LogP contribution in [0, 0.1) is 0 Å². The first-order valence-corrected chi connectivity index (χ1v) is 28.7. The van der Waals surface area contributed by atoms with Crippen LogP contribution in [-0.4, -0.2) is 87.5 Å². The monoisotopic (exact) mass is 948 g/mol. The van der Waals surface area contributed by atoms with Gasteiger partial charge in [-0.15, -0.1) is 0 Å². The van der Waals surface area contributed by atoms with Crippen LogP contribution in [-0.2, 0) is 14.3 Å². The van der Waals surface area contributed by atoms with Crippen LogP contribution >= 0.6 is 0 Å². The number of carbonyl (C=O) groups is 1. The minimum atomic E-state index is -1.57. The molecule has 1 fully saturated rings. The van der Waals surface area contributed by atoms with Crippen LogP contribution in [0.1, 0.15) is 271 Å². The molecule has 7 unspecified atom stereocenters. The van der Waals surface area contributed by atoms with Crippen molar-refractivity contribution in [3.63, 3.8) is 0 Å². The van der Waals surface area contributed by atoms with Crippen LogP contribution in [0.4, 0.5) is 0 Å². The average molecular weight is 949 g/mol. The van der Waals surface area contributed by atoms with Gasteiger partial charge in [0.05, 0.1) is 25.4 Å². The van der Waals surface area contributed by atoms with Crippen molar-refractivity contribution in [3.8, 4) is 0 Å². The van der Waals surface area contributed by atoms with Crippen LogP contribution in [0.15, 0.2) is 36.5 Å². The summed E-state index contributed by atoms with van der Waals surface area (Å²) in [6.07, 6.45) is 55.0. The summed E-state index contributed by atoms with van der Waals surface area (Å²) in [5, 5.41) is 54.5. The fraction of sp³-hybridized carbons (Fsp3) is 0.879. The summed E-state index contributed by atoms with van der Waals surface area (Å²) < 4.78 is 11.3. The summed E-state index contributed by atoms with van der Waals surface area (Å²) in [5.74, 6) is -0.186. The van der Waals surface area contributed by atoms with Gasteiger partial charge < -0.3 is 40.3 Å². The van der Waals surface area contributed by atoms with E-state index in [4.69, 9.17) is 9.47 Å². The molecule has 394 valence electrons. The highest BCUT2D eigenvalue weighted by atomic mass is 16.7. The zero-order valence-corrected chi connectivity index (χ0v) is 43.7. The van der Waals surface area contributed by atoms with Crippen LogP contribution in [0.25, 0.3) is 0 Å². The number of carbonyl (C=O) groups excluding carboxylic acids is 1. The lowest BCUT2D eigenvalue weighted by molar-refractivity contribution is -0.302. The second-order valence-electron chi connectivity index (χ2n) is 20.1. The first-order valence-electron chi connectivity index (χ1n) is 28.7. The predicted molar refractivity (Wildman–Crippen MR) is 281 cm³/mol. The Morgan fingerprint density at radius 3 is 1.25 bits per heavy atom. The fourth-order valence-corrected chi connectivity index (χ4v) is 9.11. The SMILES string of the molecule is CCCCCCCC/C=C\CCCCCCCCCCCC(=O)NC(COC1OC(CO)C(O)C(O)C1O)C(O)/C=C/CC/C=C/CCCCCCCCCCCCCCCCCCCCC. The molecular weight excluding hydrogens is 839 g/mol. The van der Waals surface area contributed by atoms with Gasteiger partial charge in [-0.2, -0.15) is 0 Å². The van der Waals surface area contributed by atoms with Gasteiger partial charge in [0.15, 0.2) is 6.29 Å². The minimum Gasteiger partial charge on any atom is -0.394 e. The molecule has 67 heavy (non-hydrogen) atoms. The predicted octanol–water partition coefficient (Wildman–Crippen LogP) is 14.0. The van der Waals surface area contributed by atoms with Gasteiger partial charge in [-0.05, 0) is 57.8 Å². The van der Waals surface area contributed by atoms with Gasteiger partial charge in [0, 0.05) is 6.42 Å². The van der Waals surface area contributed by atoms with E-state index in [0.29, 0.717) is 6.42 Å². The molecule has 1 heterocycles. The Bertz CT molecular complexity index is 1150. The number of allylic oxidation sites excluding steroid dienone is 5. The number of ether oxygens (including phenoxy) is 2. The van der Waals surface area contributed by atoms with Crippen molar-refractivity contribution >= 4 is 5.91 Å². The van der Waals surface area contributed by atoms with Crippen LogP contribution in [0.2, 0.25) is 0 Å². The third-order valence-corrected chi connectivity index (χ3v) is 13.7. The van der Waals surface area contributed by atoms with Crippen molar-refractivity contribution in [2.45, 2.75) is 314 Å². The van der Waals surface area contributed by atoms with Crippen LogP contribution < -0.4 is 5.32 Å². The molecule has 0 spiro atoms. The van der Waals surface area contributed by atoms with Crippen molar-refractivity contribution in [1.82, 2.24) is 5.32 Å². The average Bonchev–Trinajstić information content (AvgIpc) is 3.33. The Balaban J connectivity index is 2.25. The quantitative estimate of drug-likeness (QED) is 0.0261. The number of hydrogen-bond donors (Lipinski definition) is 6. The van der Waals surface area contributed by atoms with Crippen molar-refractivity contribution in [2.24, 2.45) is 0 Å². The Morgan fingerprint density at radius 2 is 0.851 bits per heavy atom. The summed E-state index contributed by atoms with van der Waals surface area (Å²) in [7, 11) is 0. The number of aliphatic hydroxyl groups excluding tert-OH is 5. The number of unbranched alkanes of at least 4 members (excludes halogenated alkanes) is 35. The molecule has 0 aromatic heterocycles. The normalized spacial score (nSPS) is 19.9. The summed E-state index contributed by atoms with van der Waals surface area (Å²) >= 11 is 0. The molecule has 1 amide bonds. The number of aliphatic hydroxyl groups is 5. The van der Waals surface area contributed by atoms with E-state index >= 15 is 0 Å². The van der Waals surface area contributed by atoms with E-state index in [1.54, 1.807) is 6.08 Å². The molecule has 0 bridgehead atoms. The summed E-state index contributed by atoms with van der Waals surface area (Å²) in [6, 6.07) is -0.822. The lowest BCUT2D eigenvalue weighted by Gasteiger charge is -2.40. The number of amides is 1. The molecule has 0 aromatic carbocycles. The lowest BCUT2D eigenvalue weighted by Crippen LogP contribution is -2.60. The smallest absolute Gasteiger partial charge is 0.220 e. The molecule has 1 rings (SSSR count). The third kappa shape index (κ3) is 37.9. The van der Waals surface area contributed by atoms with Gasteiger partial charge in [0.1, 0.15) is 24.4 Å². The fourth-order valence-electron chi connectivity index (χ4n) is 9.11. The molecule has 0 saturated carbocycles. The molecular formula is C58H109NO8. The first-order chi connectivity index (χ1) is 32.8. The molecule has 1 aliphatic rings. The second kappa shape index (κ2) is 48.1. The Hall–Kier alpha value is -1.59. The van der Waals surface area contributed by atoms with Gasteiger partial charge in [0.2, 0.25) is 5.91 Å². The second-order valence-corrected chi connectivity index (χ2v) is 20.1. The molecule has 9 nitrogen and oxygen atoms in total. The third-order valence-electron chi connectivity index (χ3n) is 13.7. The lowest BCUT2D eigenvalue weighted by atomic mass is 9.99. The zero-order valence-electron chi connectivity index (χ0n) is 43.7. The highest BCUT2D eigenvalue weighted by Crippen LogP contribution is 2.23. The van der Waals surface area contributed by atoms with E-state index in [-0.39, 0.29) is 12.5 Å². The molecule has 6 N–H and O–H groups in total. The number of nitrogens with one attached hydrogen (secondary N) is 1. The van der Waals surface area contributed by atoms with Gasteiger partial charge in [-0.1, -0.05) is 243 Å². The maximum atomic E-state index is 13.0. The van der Waals surface area contributed by atoms with E-state index in [2.05, 4.69) is 43.5 Å². The molecule has 0 radical (unpaired) electrons. The molecule has 1 saturated heterocycles. The summed E-state index contributed by atoms with van der Waals surface area (Å²) in [5.41, 5.74) is 0. The topological polar surface area (TPSA) is 149 Å². The maximum Gasteiger partial charge on any atom is 0.220 e. The molecule has 0 aromatic rings. The first kappa shape index (κ1) is 63.4. The standard InChI is InChI=1S/C58H109NO8/c1-3-5-7-9-11-13-15-17-19-21-23-24-25-26-27-28-30-31-33-35-37-39-41-43-45-47-52(61)51(50-66-58-57(65)56(64)55(63)53(49-60)67-58)59-54(62)48-46-44-42-40-38-36-34-32-29-22-20-18-16-14-12-10-8-6-4-2/h18,20,37,39,45,47,51-53,55-58,60-61,63-65H,3-17,19,21-36,38,40-44,46,48-50H2,1-2H3,(H,59,62)/b20-18-,39-37+,47-45+. The van der Waals surface area contributed by atoms with E-state index in [1.807, 2.05) is 6.08 Å². The van der Waals surface area contributed by atoms with E-state index < -0.39 is 49.5 Å². The van der Waals surface area contributed by atoms with Gasteiger partial charge in [0.25, 0.3) is 0 Å². The van der Waals surface area contributed by atoms with Crippen molar-refractivity contribution < 1.29 is 39.8 Å². The molecule has 1 aliphatic heterocycles. The van der Waals surface area contributed by atoms with E-state index in [9.17, 15) is 30.3 Å². The van der Waals surface area contributed by atoms with Crippen molar-refractivity contribution in [3.05, 3.63) is 36.5 Å². The van der Waals surface area contributed by atoms with Gasteiger partial charge in [-0.25, -0.2) is 0 Å².